The molecule has 0 aromatic heterocycles. The molecule has 2 atom stereocenters. The minimum Gasteiger partial charge on any atom is -0.381 e. The Morgan fingerprint density at radius 3 is 2.91 bits per heavy atom. The fourth-order valence-electron chi connectivity index (χ4n) is 1.20. The second kappa shape index (κ2) is 5.42. The van der Waals surface area contributed by atoms with Crippen LogP contribution >= 0.6 is 12.4 Å². The number of ether oxygens (including phenoxy) is 1. The van der Waals surface area contributed by atoms with Crippen molar-refractivity contribution in [3.05, 3.63) is 0 Å². The van der Waals surface area contributed by atoms with E-state index in [0.717, 1.165) is 26.1 Å². The van der Waals surface area contributed by atoms with E-state index >= 15 is 0 Å². The molecule has 0 saturated carbocycles. The highest BCUT2D eigenvalue weighted by molar-refractivity contribution is 5.85. The molecule has 0 radical (unpaired) electrons. The second-order valence-corrected chi connectivity index (χ2v) is 2.74. The van der Waals surface area contributed by atoms with E-state index in [9.17, 15) is 0 Å². The number of hydrogen-bond donors (Lipinski definition) is 1. The molecule has 0 aromatic carbocycles. The lowest BCUT2D eigenvalue weighted by atomic mass is 10.0. The van der Waals surface area contributed by atoms with E-state index in [0.29, 0.717) is 5.92 Å². The minimum atomic E-state index is -0.0771. The van der Waals surface area contributed by atoms with Crippen LogP contribution in [0.1, 0.15) is 12.8 Å². The van der Waals surface area contributed by atoms with Crippen molar-refractivity contribution < 1.29 is 4.74 Å². The first-order valence-electron chi connectivity index (χ1n) is 3.62. The second-order valence-electron chi connectivity index (χ2n) is 2.74. The Labute approximate surface area is 73.9 Å². The van der Waals surface area contributed by atoms with E-state index in [2.05, 4.69) is 5.92 Å². The third-order valence-electron chi connectivity index (χ3n) is 1.83. The number of halogens is 1. The topological polar surface area (TPSA) is 35.2 Å². The summed E-state index contributed by atoms with van der Waals surface area (Å²) in [7, 11) is 0. The zero-order chi connectivity index (χ0) is 7.40. The standard InChI is InChI=1S/C8H13NO.ClH/c1-2-8(9)5-7-3-4-10-6-7;/h1,7-8H,3-6,9H2;1H. The lowest BCUT2D eigenvalue weighted by Gasteiger charge is -2.08. The Morgan fingerprint density at radius 1 is 1.73 bits per heavy atom. The van der Waals surface area contributed by atoms with Crippen molar-refractivity contribution in [2.45, 2.75) is 18.9 Å². The van der Waals surface area contributed by atoms with Gasteiger partial charge in [-0.25, -0.2) is 0 Å². The summed E-state index contributed by atoms with van der Waals surface area (Å²) in [6, 6.07) is -0.0771. The predicted octanol–water partition coefficient (Wildman–Crippen LogP) is 0.795. The molecule has 2 nitrogen and oxygen atoms in total. The molecule has 1 heterocycles. The van der Waals surface area contributed by atoms with Gasteiger partial charge < -0.3 is 10.5 Å². The highest BCUT2D eigenvalue weighted by Crippen LogP contribution is 2.16. The maximum absolute atomic E-state index is 5.56. The maximum Gasteiger partial charge on any atom is 0.0665 e. The molecule has 2 N–H and O–H groups in total. The summed E-state index contributed by atoms with van der Waals surface area (Å²) < 4.78 is 5.18. The molecule has 1 aliphatic heterocycles. The summed E-state index contributed by atoms with van der Waals surface area (Å²) in [6.07, 6.45) is 7.17. The van der Waals surface area contributed by atoms with Crippen LogP contribution in [0.2, 0.25) is 0 Å². The number of terminal acetylenes is 1. The van der Waals surface area contributed by atoms with Gasteiger partial charge in [0, 0.05) is 13.2 Å². The Bertz CT molecular complexity index is 138. The van der Waals surface area contributed by atoms with Gasteiger partial charge >= 0.3 is 0 Å². The summed E-state index contributed by atoms with van der Waals surface area (Å²) in [5.74, 6) is 3.12. The summed E-state index contributed by atoms with van der Waals surface area (Å²) in [4.78, 5) is 0. The molecule has 1 fully saturated rings. The summed E-state index contributed by atoms with van der Waals surface area (Å²) in [6.45, 7) is 1.72. The van der Waals surface area contributed by atoms with Crippen LogP contribution < -0.4 is 5.73 Å². The van der Waals surface area contributed by atoms with Crippen molar-refractivity contribution in [2.24, 2.45) is 11.7 Å². The lowest BCUT2D eigenvalue weighted by Crippen LogP contribution is -2.21. The van der Waals surface area contributed by atoms with Gasteiger partial charge in [-0.1, -0.05) is 5.92 Å². The van der Waals surface area contributed by atoms with E-state index in [1.54, 1.807) is 0 Å². The highest BCUT2D eigenvalue weighted by atomic mass is 35.5. The average molecular weight is 176 g/mol. The number of rotatable bonds is 2. The first-order chi connectivity index (χ1) is 4.83. The van der Waals surface area contributed by atoms with Crippen LogP contribution in [0.4, 0.5) is 0 Å². The smallest absolute Gasteiger partial charge is 0.0665 e. The molecule has 0 aliphatic carbocycles. The maximum atomic E-state index is 5.56. The number of nitrogens with two attached hydrogens (primary N) is 1. The molecular weight excluding hydrogens is 162 g/mol. The average Bonchev–Trinajstić information content (AvgIpc) is 2.40. The molecule has 11 heavy (non-hydrogen) atoms. The third kappa shape index (κ3) is 3.62. The monoisotopic (exact) mass is 175 g/mol. The van der Waals surface area contributed by atoms with Crippen LogP contribution in [0.15, 0.2) is 0 Å². The van der Waals surface area contributed by atoms with E-state index in [1.807, 2.05) is 0 Å². The zero-order valence-corrected chi connectivity index (χ0v) is 7.27. The SMILES string of the molecule is C#CC(N)CC1CCOC1.Cl. The molecule has 0 bridgehead atoms. The Balaban J connectivity index is 0.000001000. The van der Waals surface area contributed by atoms with E-state index in [-0.39, 0.29) is 18.4 Å². The summed E-state index contributed by atoms with van der Waals surface area (Å²) in [5, 5.41) is 0. The van der Waals surface area contributed by atoms with Crippen LogP contribution in [0.3, 0.4) is 0 Å². The predicted molar refractivity (Wildman–Crippen MR) is 47.6 cm³/mol. The third-order valence-corrected chi connectivity index (χ3v) is 1.83. The van der Waals surface area contributed by atoms with Gasteiger partial charge in [0.1, 0.15) is 0 Å². The molecule has 0 aromatic rings. The van der Waals surface area contributed by atoms with Gasteiger partial charge in [-0.2, -0.15) is 0 Å². The van der Waals surface area contributed by atoms with Crippen molar-refractivity contribution in [1.29, 1.82) is 0 Å². The Kier molecular flexibility index (Phi) is 5.31. The summed E-state index contributed by atoms with van der Waals surface area (Å²) in [5.41, 5.74) is 5.56. The van der Waals surface area contributed by atoms with Crippen LogP contribution in [0.25, 0.3) is 0 Å². The van der Waals surface area contributed by atoms with E-state index < -0.39 is 0 Å². The molecule has 1 saturated heterocycles. The largest absolute Gasteiger partial charge is 0.381 e. The molecule has 64 valence electrons. The van der Waals surface area contributed by atoms with Crippen molar-refractivity contribution in [3.8, 4) is 12.3 Å². The van der Waals surface area contributed by atoms with Gasteiger partial charge in [0.05, 0.1) is 6.04 Å². The van der Waals surface area contributed by atoms with Crippen molar-refractivity contribution in [1.82, 2.24) is 0 Å². The molecule has 3 heteroatoms. The fraction of sp³-hybridized carbons (Fsp3) is 0.750. The van der Waals surface area contributed by atoms with Crippen LogP contribution in [-0.2, 0) is 4.74 Å². The van der Waals surface area contributed by atoms with Crippen LogP contribution in [0, 0.1) is 18.3 Å². The first-order valence-corrected chi connectivity index (χ1v) is 3.62. The lowest BCUT2D eigenvalue weighted by molar-refractivity contribution is 0.183. The molecular formula is C8H14ClNO. The van der Waals surface area contributed by atoms with Crippen molar-refractivity contribution >= 4 is 12.4 Å². The fourth-order valence-corrected chi connectivity index (χ4v) is 1.20. The normalized spacial score (nSPS) is 25.3. The molecule has 0 spiro atoms. The van der Waals surface area contributed by atoms with Gasteiger partial charge in [0.25, 0.3) is 0 Å². The van der Waals surface area contributed by atoms with Gasteiger partial charge in [0.15, 0.2) is 0 Å². The molecule has 1 rings (SSSR count). The van der Waals surface area contributed by atoms with Crippen LogP contribution in [-0.4, -0.2) is 19.3 Å². The Morgan fingerprint density at radius 2 is 2.45 bits per heavy atom. The van der Waals surface area contributed by atoms with Crippen molar-refractivity contribution in [2.75, 3.05) is 13.2 Å². The molecule has 2 unspecified atom stereocenters. The van der Waals surface area contributed by atoms with Crippen molar-refractivity contribution in [3.63, 3.8) is 0 Å². The first kappa shape index (κ1) is 10.8. The highest BCUT2D eigenvalue weighted by Gasteiger charge is 2.17. The minimum absolute atomic E-state index is 0. The Hall–Kier alpha value is -0.230. The van der Waals surface area contributed by atoms with Gasteiger partial charge in [0.2, 0.25) is 0 Å². The molecule has 0 amide bonds. The summed E-state index contributed by atoms with van der Waals surface area (Å²) >= 11 is 0. The van der Waals surface area contributed by atoms with Gasteiger partial charge in [-0.15, -0.1) is 18.8 Å². The number of hydrogen-bond acceptors (Lipinski definition) is 2. The van der Waals surface area contributed by atoms with Crippen LogP contribution in [0.5, 0.6) is 0 Å². The van der Waals surface area contributed by atoms with Gasteiger partial charge in [-0.3, -0.25) is 0 Å². The van der Waals surface area contributed by atoms with E-state index in [4.69, 9.17) is 16.9 Å². The quantitative estimate of drug-likeness (QED) is 0.631. The zero-order valence-electron chi connectivity index (χ0n) is 6.45. The molecule has 1 aliphatic rings. The van der Waals surface area contributed by atoms with E-state index in [1.165, 1.54) is 0 Å². The van der Waals surface area contributed by atoms with Gasteiger partial charge in [-0.05, 0) is 18.8 Å².